The van der Waals surface area contributed by atoms with Gasteiger partial charge in [0.15, 0.2) is 0 Å². The molecule has 0 aromatic heterocycles. The van der Waals surface area contributed by atoms with Crippen LogP contribution in [0.1, 0.15) is 53.6 Å². The van der Waals surface area contributed by atoms with Gasteiger partial charge in [-0.25, -0.2) is 0 Å². The SMILES string of the molecule is N=C(c1ccc(N2CCOCC2)cc1)c1cc(C(=O)NCC2CCCCC2)ccc1N. The van der Waals surface area contributed by atoms with Crippen LogP contribution in [0.5, 0.6) is 0 Å². The van der Waals surface area contributed by atoms with E-state index < -0.39 is 0 Å². The van der Waals surface area contributed by atoms with Gasteiger partial charge in [-0.05, 0) is 49.1 Å². The summed E-state index contributed by atoms with van der Waals surface area (Å²) in [5.74, 6) is 0.483. The molecule has 1 heterocycles. The van der Waals surface area contributed by atoms with Gasteiger partial charge < -0.3 is 20.7 Å². The van der Waals surface area contributed by atoms with Crippen LogP contribution in [0.15, 0.2) is 42.5 Å². The van der Waals surface area contributed by atoms with Gasteiger partial charge in [0.05, 0.1) is 18.9 Å². The van der Waals surface area contributed by atoms with E-state index in [-0.39, 0.29) is 5.91 Å². The molecule has 0 spiro atoms. The lowest BCUT2D eigenvalue weighted by atomic mass is 9.89. The van der Waals surface area contributed by atoms with E-state index in [1.807, 2.05) is 24.3 Å². The zero-order valence-electron chi connectivity index (χ0n) is 18.0. The molecule has 6 heteroatoms. The molecule has 1 amide bonds. The molecule has 2 aromatic carbocycles. The minimum absolute atomic E-state index is 0.0951. The Morgan fingerprint density at radius 3 is 2.42 bits per heavy atom. The van der Waals surface area contributed by atoms with Gasteiger partial charge in [-0.1, -0.05) is 31.4 Å². The molecule has 6 nitrogen and oxygen atoms in total. The number of rotatable bonds is 6. The maximum Gasteiger partial charge on any atom is 0.251 e. The molecule has 31 heavy (non-hydrogen) atoms. The van der Waals surface area contributed by atoms with E-state index in [0.29, 0.717) is 28.4 Å². The van der Waals surface area contributed by atoms with E-state index >= 15 is 0 Å². The number of amides is 1. The standard InChI is InChI=1S/C25H32N4O2/c26-23-11-8-20(25(30)28-17-18-4-2-1-3-5-18)16-22(23)24(27)19-6-9-21(10-7-19)29-12-14-31-15-13-29/h6-11,16,18,27H,1-5,12-15,17,26H2,(H,28,30). The van der Waals surface area contributed by atoms with Crippen LogP contribution in [-0.2, 0) is 4.74 Å². The fraction of sp³-hybridized carbons (Fsp3) is 0.440. The number of hydrogen-bond donors (Lipinski definition) is 3. The van der Waals surface area contributed by atoms with Crippen molar-refractivity contribution in [1.82, 2.24) is 5.32 Å². The highest BCUT2D eigenvalue weighted by Gasteiger charge is 2.17. The molecule has 164 valence electrons. The molecule has 1 aliphatic heterocycles. The first-order valence-corrected chi connectivity index (χ1v) is 11.3. The number of morpholine rings is 1. The molecule has 0 unspecified atom stereocenters. The normalized spacial score (nSPS) is 17.4. The zero-order valence-corrected chi connectivity index (χ0v) is 18.0. The van der Waals surface area contributed by atoms with Crippen molar-refractivity contribution in [2.75, 3.05) is 43.5 Å². The molecule has 1 saturated heterocycles. The lowest BCUT2D eigenvalue weighted by molar-refractivity contribution is 0.0943. The summed E-state index contributed by atoms with van der Waals surface area (Å²) in [5.41, 5.74) is 10.1. The number of carbonyl (C=O) groups is 1. The van der Waals surface area contributed by atoms with Gasteiger partial charge in [0.25, 0.3) is 5.91 Å². The first kappa shape index (κ1) is 21.4. The Balaban J connectivity index is 1.44. The van der Waals surface area contributed by atoms with E-state index in [1.54, 1.807) is 18.2 Å². The summed E-state index contributed by atoms with van der Waals surface area (Å²) in [6.07, 6.45) is 6.21. The van der Waals surface area contributed by atoms with Crippen molar-refractivity contribution < 1.29 is 9.53 Å². The van der Waals surface area contributed by atoms with Crippen molar-refractivity contribution in [3.05, 3.63) is 59.2 Å². The highest BCUT2D eigenvalue weighted by Crippen LogP contribution is 2.24. The van der Waals surface area contributed by atoms with Gasteiger partial charge in [0.2, 0.25) is 0 Å². The summed E-state index contributed by atoms with van der Waals surface area (Å²) in [6, 6.07) is 13.2. The number of nitrogens with one attached hydrogen (secondary N) is 2. The van der Waals surface area contributed by atoms with Crippen LogP contribution < -0.4 is 16.0 Å². The Morgan fingerprint density at radius 1 is 1.03 bits per heavy atom. The maximum atomic E-state index is 12.7. The lowest BCUT2D eigenvalue weighted by Gasteiger charge is -2.29. The second kappa shape index (κ2) is 9.96. The van der Waals surface area contributed by atoms with Gasteiger partial charge >= 0.3 is 0 Å². The second-order valence-corrected chi connectivity index (χ2v) is 8.54. The number of benzene rings is 2. The van der Waals surface area contributed by atoms with E-state index in [9.17, 15) is 4.79 Å². The molecule has 4 rings (SSSR count). The average Bonchev–Trinajstić information content (AvgIpc) is 2.84. The third-order valence-corrected chi connectivity index (χ3v) is 6.39. The summed E-state index contributed by atoms with van der Waals surface area (Å²) >= 11 is 0. The quantitative estimate of drug-likeness (QED) is 0.489. The molecule has 0 atom stereocenters. The Morgan fingerprint density at radius 2 is 1.71 bits per heavy atom. The van der Waals surface area contributed by atoms with Gasteiger partial charge in [-0.3, -0.25) is 10.2 Å². The summed E-state index contributed by atoms with van der Waals surface area (Å²) in [5, 5.41) is 11.8. The zero-order chi connectivity index (χ0) is 21.6. The highest BCUT2D eigenvalue weighted by molar-refractivity contribution is 6.15. The van der Waals surface area contributed by atoms with Crippen LogP contribution in [0, 0.1) is 11.3 Å². The molecule has 1 aliphatic carbocycles. The van der Waals surface area contributed by atoms with Crippen LogP contribution in [0.25, 0.3) is 0 Å². The lowest BCUT2D eigenvalue weighted by Crippen LogP contribution is -2.36. The van der Waals surface area contributed by atoms with Gasteiger partial charge in [-0.2, -0.15) is 0 Å². The molecule has 0 bridgehead atoms. The second-order valence-electron chi connectivity index (χ2n) is 8.54. The number of nitrogens with two attached hydrogens (primary N) is 1. The monoisotopic (exact) mass is 420 g/mol. The predicted octanol–water partition coefficient (Wildman–Crippen LogP) is 3.83. The average molecular weight is 421 g/mol. The molecular formula is C25H32N4O2. The first-order chi connectivity index (χ1) is 15.1. The van der Waals surface area contributed by atoms with E-state index in [2.05, 4.69) is 10.2 Å². The van der Waals surface area contributed by atoms with Crippen LogP contribution in [0.3, 0.4) is 0 Å². The largest absolute Gasteiger partial charge is 0.398 e. The molecule has 0 radical (unpaired) electrons. The molecule has 2 fully saturated rings. The van der Waals surface area contributed by atoms with Crippen molar-refractivity contribution in [2.45, 2.75) is 32.1 Å². The summed E-state index contributed by atoms with van der Waals surface area (Å²) < 4.78 is 5.41. The first-order valence-electron chi connectivity index (χ1n) is 11.3. The number of hydrogen-bond acceptors (Lipinski definition) is 5. The summed E-state index contributed by atoms with van der Waals surface area (Å²) in [4.78, 5) is 15.0. The van der Waals surface area contributed by atoms with Crippen LogP contribution in [0.2, 0.25) is 0 Å². The fourth-order valence-corrected chi connectivity index (χ4v) is 4.46. The molecule has 1 saturated carbocycles. The van der Waals surface area contributed by atoms with Crippen molar-refractivity contribution in [1.29, 1.82) is 5.41 Å². The Hall–Kier alpha value is -2.86. The number of ether oxygens (including phenoxy) is 1. The van der Waals surface area contributed by atoms with Gasteiger partial charge in [0, 0.05) is 47.7 Å². The third-order valence-electron chi connectivity index (χ3n) is 6.39. The van der Waals surface area contributed by atoms with Gasteiger partial charge in [0.1, 0.15) is 0 Å². The Bertz CT molecular complexity index is 914. The number of nitrogen functional groups attached to an aromatic ring is 1. The number of anilines is 2. The molecular weight excluding hydrogens is 388 g/mol. The van der Waals surface area contributed by atoms with Crippen molar-refractivity contribution >= 4 is 23.0 Å². The van der Waals surface area contributed by atoms with Crippen LogP contribution in [0.4, 0.5) is 11.4 Å². The van der Waals surface area contributed by atoms with Crippen LogP contribution in [-0.4, -0.2) is 44.5 Å². The summed E-state index contributed by atoms with van der Waals surface area (Å²) in [6.45, 7) is 3.95. The van der Waals surface area contributed by atoms with E-state index in [1.165, 1.54) is 32.1 Å². The number of nitrogens with zero attached hydrogens (tertiary/aromatic N) is 1. The minimum atomic E-state index is -0.0951. The molecule has 2 aromatic rings. The smallest absolute Gasteiger partial charge is 0.251 e. The highest BCUT2D eigenvalue weighted by atomic mass is 16.5. The maximum absolute atomic E-state index is 12.7. The third kappa shape index (κ3) is 5.25. The fourth-order valence-electron chi connectivity index (χ4n) is 4.46. The van der Waals surface area contributed by atoms with Crippen molar-refractivity contribution in [2.24, 2.45) is 5.92 Å². The van der Waals surface area contributed by atoms with Crippen molar-refractivity contribution in [3.8, 4) is 0 Å². The topological polar surface area (TPSA) is 91.4 Å². The Kier molecular flexibility index (Phi) is 6.87. The molecule has 4 N–H and O–H groups in total. The van der Waals surface area contributed by atoms with E-state index in [4.69, 9.17) is 15.9 Å². The van der Waals surface area contributed by atoms with Crippen molar-refractivity contribution in [3.63, 3.8) is 0 Å². The predicted molar refractivity (Wildman–Crippen MR) is 125 cm³/mol. The Labute approximate surface area is 184 Å². The summed E-state index contributed by atoms with van der Waals surface area (Å²) in [7, 11) is 0. The van der Waals surface area contributed by atoms with Gasteiger partial charge in [-0.15, -0.1) is 0 Å². The number of carbonyl (C=O) groups excluding carboxylic acids is 1. The minimum Gasteiger partial charge on any atom is -0.398 e. The van der Waals surface area contributed by atoms with Crippen LogP contribution >= 0.6 is 0 Å². The van der Waals surface area contributed by atoms with E-state index in [0.717, 1.165) is 44.1 Å². The molecule has 2 aliphatic rings.